The highest BCUT2D eigenvalue weighted by Crippen LogP contribution is 2.24. The van der Waals surface area contributed by atoms with E-state index in [1.54, 1.807) is 48.5 Å². The van der Waals surface area contributed by atoms with Gasteiger partial charge >= 0.3 is 6.09 Å². The molecule has 0 bridgehead atoms. The van der Waals surface area contributed by atoms with E-state index in [0.717, 1.165) is 39.4 Å². The lowest BCUT2D eigenvalue weighted by Crippen LogP contribution is -2.25. The average Bonchev–Trinajstić information content (AvgIpc) is 3.57. The molecule has 2 heterocycles. The number of fused-ring (bicyclic) bond motifs is 2. The number of rotatable bonds is 9. The first kappa shape index (κ1) is 29.3. The molecule has 0 aliphatic rings. The summed E-state index contributed by atoms with van der Waals surface area (Å²) in [5.41, 5.74) is 9.96. The quantitative estimate of drug-likeness (QED) is 0.126. The number of anilines is 1. The summed E-state index contributed by atoms with van der Waals surface area (Å²) in [5, 5.41) is 15.0. The SMILES string of the molecule is COC(=O)Nc1ccc2[nH]cc(CCNS(=O)(=O)c3ccccc3)c2c1.NCCc1c[nH]c2ccc([N+](=O)[O-])cc12. The summed E-state index contributed by atoms with van der Waals surface area (Å²) in [6.07, 6.45) is 4.37. The summed E-state index contributed by atoms with van der Waals surface area (Å²) in [7, 11) is -2.23. The van der Waals surface area contributed by atoms with Gasteiger partial charge in [-0.15, -0.1) is 0 Å². The number of non-ortho nitro benzene ring substituents is 1. The lowest BCUT2D eigenvalue weighted by molar-refractivity contribution is -0.384. The lowest BCUT2D eigenvalue weighted by Gasteiger charge is -2.07. The number of sulfonamides is 1. The highest BCUT2D eigenvalue weighted by molar-refractivity contribution is 7.89. The van der Waals surface area contributed by atoms with Gasteiger partial charge in [0.05, 0.1) is 16.9 Å². The summed E-state index contributed by atoms with van der Waals surface area (Å²) in [6, 6.07) is 18.5. The minimum atomic E-state index is -3.53. The number of nitro benzene ring substituents is 1. The molecule has 0 unspecified atom stereocenters. The number of aromatic nitrogens is 2. The van der Waals surface area contributed by atoms with Crippen LogP contribution >= 0.6 is 0 Å². The highest BCUT2D eigenvalue weighted by Gasteiger charge is 2.14. The zero-order chi connectivity index (χ0) is 29.4. The number of nitrogens with one attached hydrogen (secondary N) is 4. The number of methoxy groups -OCH3 is 1. The molecule has 41 heavy (non-hydrogen) atoms. The molecule has 0 atom stereocenters. The van der Waals surface area contributed by atoms with Gasteiger partial charge in [-0.2, -0.15) is 0 Å². The number of amides is 1. The van der Waals surface area contributed by atoms with Gasteiger partial charge in [0.2, 0.25) is 10.0 Å². The van der Waals surface area contributed by atoms with Crippen molar-refractivity contribution < 1.29 is 22.9 Å². The van der Waals surface area contributed by atoms with E-state index in [4.69, 9.17) is 5.73 Å². The molecule has 0 saturated heterocycles. The van der Waals surface area contributed by atoms with Gasteiger partial charge in [0.15, 0.2) is 0 Å². The van der Waals surface area contributed by atoms with E-state index < -0.39 is 21.0 Å². The molecule has 6 N–H and O–H groups in total. The zero-order valence-electron chi connectivity index (χ0n) is 22.2. The molecule has 5 rings (SSSR count). The van der Waals surface area contributed by atoms with Gasteiger partial charge in [-0.1, -0.05) is 18.2 Å². The standard InChI is InChI=1S/C18H19N3O4S.C10H11N3O2/c1-25-18(22)21-14-7-8-17-16(11-14)13(12-19-17)9-10-20-26(23,24)15-5-3-2-4-6-15;11-4-3-7-6-12-10-2-1-8(13(14)15)5-9(7)10/h2-8,11-12,19-20H,9-10H2,1H3,(H,21,22);1-2,5-6,12H,3-4,11H2. The Balaban J connectivity index is 0.000000218. The van der Waals surface area contributed by atoms with Crippen LogP contribution in [0.4, 0.5) is 16.2 Å². The molecule has 214 valence electrons. The number of ether oxygens (including phenoxy) is 1. The maximum atomic E-state index is 12.3. The van der Waals surface area contributed by atoms with Crippen molar-refractivity contribution in [2.45, 2.75) is 17.7 Å². The van der Waals surface area contributed by atoms with Crippen LogP contribution in [0, 0.1) is 10.1 Å². The maximum absolute atomic E-state index is 12.3. The first-order chi connectivity index (χ1) is 19.7. The van der Waals surface area contributed by atoms with Crippen molar-refractivity contribution in [1.29, 1.82) is 0 Å². The van der Waals surface area contributed by atoms with Crippen molar-refractivity contribution in [2.24, 2.45) is 5.73 Å². The van der Waals surface area contributed by atoms with Crippen molar-refractivity contribution in [3.8, 4) is 0 Å². The number of aromatic amines is 2. The Hall–Kier alpha value is -4.72. The summed E-state index contributed by atoms with van der Waals surface area (Å²) < 4.78 is 31.7. The second-order valence-corrected chi connectivity index (χ2v) is 10.8. The van der Waals surface area contributed by atoms with Crippen molar-refractivity contribution >= 4 is 49.3 Å². The normalized spacial score (nSPS) is 11.2. The number of hydrogen-bond acceptors (Lipinski definition) is 7. The minimum Gasteiger partial charge on any atom is -0.453 e. The predicted octanol–water partition coefficient (Wildman–Crippen LogP) is 4.44. The zero-order valence-corrected chi connectivity index (χ0v) is 23.0. The average molecular weight is 579 g/mol. The van der Waals surface area contributed by atoms with Crippen LogP contribution in [0.2, 0.25) is 0 Å². The van der Waals surface area contributed by atoms with Crippen LogP contribution in [0.15, 0.2) is 84.0 Å². The molecule has 0 radical (unpaired) electrons. The van der Waals surface area contributed by atoms with Crippen molar-refractivity contribution in [3.63, 3.8) is 0 Å². The molecule has 12 nitrogen and oxygen atoms in total. The van der Waals surface area contributed by atoms with Crippen molar-refractivity contribution in [1.82, 2.24) is 14.7 Å². The topological polar surface area (TPSA) is 185 Å². The second kappa shape index (κ2) is 13.1. The largest absolute Gasteiger partial charge is 0.453 e. The first-order valence-corrected chi connectivity index (χ1v) is 14.1. The van der Waals surface area contributed by atoms with E-state index in [1.165, 1.54) is 13.2 Å². The number of H-pyrrole nitrogens is 2. The number of carbonyl (C=O) groups excluding carboxylic acids is 1. The second-order valence-electron chi connectivity index (χ2n) is 8.99. The van der Waals surface area contributed by atoms with Gasteiger partial charge in [-0.05, 0) is 66.9 Å². The van der Waals surface area contributed by atoms with Crippen molar-refractivity contribution in [3.05, 3.63) is 100 Å². The molecule has 0 aliphatic carbocycles. The Bertz CT molecular complexity index is 1770. The van der Waals surface area contributed by atoms with Gasteiger partial charge in [0.1, 0.15) is 0 Å². The third-order valence-corrected chi connectivity index (χ3v) is 7.79. The predicted molar refractivity (Wildman–Crippen MR) is 157 cm³/mol. The molecular formula is C28H30N6O6S. The Morgan fingerprint density at radius 2 is 1.59 bits per heavy atom. The number of carbonyl (C=O) groups is 1. The Labute approximate surface area is 236 Å². The minimum absolute atomic E-state index is 0.111. The van der Waals surface area contributed by atoms with Crippen LogP contribution in [0.25, 0.3) is 21.8 Å². The van der Waals surface area contributed by atoms with Crippen LogP contribution < -0.4 is 15.8 Å². The van der Waals surface area contributed by atoms with Gasteiger partial charge in [0.25, 0.3) is 5.69 Å². The van der Waals surface area contributed by atoms with Gasteiger partial charge in [-0.25, -0.2) is 17.9 Å². The molecule has 0 fully saturated rings. The molecule has 3 aromatic carbocycles. The molecule has 13 heteroatoms. The number of nitro groups is 1. The Kier molecular flexibility index (Phi) is 9.34. The first-order valence-electron chi connectivity index (χ1n) is 12.7. The molecule has 1 amide bonds. The molecule has 0 spiro atoms. The van der Waals surface area contributed by atoms with E-state index in [-0.39, 0.29) is 17.1 Å². The van der Waals surface area contributed by atoms with Crippen LogP contribution in [0.3, 0.4) is 0 Å². The highest BCUT2D eigenvalue weighted by atomic mass is 32.2. The lowest BCUT2D eigenvalue weighted by atomic mass is 10.1. The third-order valence-electron chi connectivity index (χ3n) is 6.31. The fourth-order valence-corrected chi connectivity index (χ4v) is 5.33. The molecule has 5 aromatic rings. The summed E-state index contributed by atoms with van der Waals surface area (Å²) in [4.78, 5) is 28.0. The Morgan fingerprint density at radius 1 is 0.951 bits per heavy atom. The fraction of sp³-hybridized carbons (Fsp3) is 0.179. The summed E-state index contributed by atoms with van der Waals surface area (Å²) in [5.74, 6) is 0. The monoisotopic (exact) mass is 578 g/mol. The number of nitrogens with two attached hydrogens (primary N) is 1. The van der Waals surface area contributed by atoms with E-state index in [2.05, 4.69) is 24.7 Å². The van der Waals surface area contributed by atoms with Crippen LogP contribution in [0.1, 0.15) is 11.1 Å². The number of nitrogens with zero attached hydrogens (tertiary/aromatic N) is 1. The maximum Gasteiger partial charge on any atom is 0.411 e. The van der Waals surface area contributed by atoms with Gasteiger partial charge < -0.3 is 20.4 Å². The van der Waals surface area contributed by atoms with Crippen LogP contribution in [0.5, 0.6) is 0 Å². The van der Waals surface area contributed by atoms with E-state index in [0.29, 0.717) is 18.7 Å². The van der Waals surface area contributed by atoms with E-state index in [9.17, 15) is 23.3 Å². The molecule has 0 saturated carbocycles. The van der Waals surface area contributed by atoms with Gasteiger partial charge in [-0.3, -0.25) is 15.4 Å². The summed E-state index contributed by atoms with van der Waals surface area (Å²) in [6.45, 7) is 0.800. The molecule has 2 aromatic heterocycles. The molecular weight excluding hydrogens is 548 g/mol. The van der Waals surface area contributed by atoms with Crippen LogP contribution in [-0.4, -0.2) is 49.6 Å². The van der Waals surface area contributed by atoms with E-state index >= 15 is 0 Å². The smallest absolute Gasteiger partial charge is 0.411 e. The Morgan fingerprint density at radius 3 is 2.22 bits per heavy atom. The van der Waals surface area contributed by atoms with Gasteiger partial charge in [0, 0.05) is 58.6 Å². The third kappa shape index (κ3) is 7.28. The fourth-order valence-electron chi connectivity index (χ4n) is 4.28. The summed E-state index contributed by atoms with van der Waals surface area (Å²) >= 11 is 0. The van der Waals surface area contributed by atoms with Crippen LogP contribution in [-0.2, 0) is 27.6 Å². The molecule has 0 aliphatic heterocycles. The van der Waals surface area contributed by atoms with E-state index in [1.807, 2.05) is 24.5 Å². The van der Waals surface area contributed by atoms with Crippen molar-refractivity contribution in [2.75, 3.05) is 25.5 Å². The number of benzene rings is 3. The number of hydrogen-bond donors (Lipinski definition) is 5.